The first-order valence-electron chi connectivity index (χ1n) is 9.04. The van der Waals surface area contributed by atoms with E-state index in [9.17, 15) is 18.0 Å². The molecule has 30 heavy (non-hydrogen) atoms. The van der Waals surface area contributed by atoms with Crippen LogP contribution in [-0.2, 0) is 14.8 Å². The maximum absolute atomic E-state index is 12.9. The Morgan fingerprint density at radius 1 is 1.07 bits per heavy atom. The highest BCUT2D eigenvalue weighted by atomic mass is 32.2. The number of carbonyl (C=O) groups is 2. The summed E-state index contributed by atoms with van der Waals surface area (Å²) >= 11 is 1.13. The Hall–Kier alpha value is -3.17. The van der Waals surface area contributed by atoms with Crippen LogP contribution < -0.4 is 9.62 Å². The van der Waals surface area contributed by atoms with Gasteiger partial charge in [-0.15, -0.1) is 11.3 Å². The zero-order valence-electron chi connectivity index (χ0n) is 16.4. The predicted molar refractivity (Wildman–Crippen MR) is 117 cm³/mol. The van der Waals surface area contributed by atoms with Crippen LogP contribution >= 0.6 is 11.3 Å². The molecule has 0 bridgehead atoms. The van der Waals surface area contributed by atoms with Crippen molar-refractivity contribution >= 4 is 44.6 Å². The van der Waals surface area contributed by atoms with Gasteiger partial charge in [0.05, 0.1) is 22.8 Å². The molecule has 9 heteroatoms. The summed E-state index contributed by atoms with van der Waals surface area (Å²) in [6.07, 6.45) is 0. The van der Waals surface area contributed by atoms with Gasteiger partial charge in [0.25, 0.3) is 15.9 Å². The van der Waals surface area contributed by atoms with Crippen LogP contribution in [0.5, 0.6) is 0 Å². The highest BCUT2D eigenvalue weighted by molar-refractivity contribution is 7.92. The van der Waals surface area contributed by atoms with Gasteiger partial charge in [-0.1, -0.05) is 24.3 Å². The molecule has 1 aromatic heterocycles. The molecular formula is C21H20N2O5S2. The molecule has 0 saturated carbocycles. The molecular weight excluding hydrogens is 424 g/mol. The van der Waals surface area contributed by atoms with Gasteiger partial charge in [-0.25, -0.2) is 13.2 Å². The lowest BCUT2D eigenvalue weighted by Crippen LogP contribution is -2.28. The number of amides is 1. The van der Waals surface area contributed by atoms with E-state index in [0.29, 0.717) is 11.3 Å². The third-order valence-electron chi connectivity index (χ3n) is 4.22. The molecule has 156 valence electrons. The van der Waals surface area contributed by atoms with E-state index < -0.39 is 21.9 Å². The van der Waals surface area contributed by atoms with E-state index >= 15 is 0 Å². The van der Waals surface area contributed by atoms with Crippen LogP contribution in [0.25, 0.3) is 0 Å². The number of rotatable bonds is 7. The summed E-state index contributed by atoms with van der Waals surface area (Å²) in [6.45, 7) is 1.96. The average molecular weight is 445 g/mol. The normalized spacial score (nSPS) is 11.0. The van der Waals surface area contributed by atoms with E-state index in [2.05, 4.69) is 5.32 Å². The Morgan fingerprint density at radius 2 is 1.80 bits per heavy atom. The zero-order valence-corrected chi connectivity index (χ0v) is 18.0. The Labute approximate surface area is 179 Å². The van der Waals surface area contributed by atoms with Crippen LogP contribution in [0, 0.1) is 0 Å². The van der Waals surface area contributed by atoms with Crippen molar-refractivity contribution in [2.75, 3.05) is 23.3 Å². The Morgan fingerprint density at radius 3 is 2.50 bits per heavy atom. The minimum Gasteiger partial charge on any atom is -0.462 e. The molecule has 0 aliphatic carbocycles. The monoisotopic (exact) mass is 444 g/mol. The molecule has 3 rings (SSSR count). The van der Waals surface area contributed by atoms with Gasteiger partial charge in [0, 0.05) is 12.7 Å². The van der Waals surface area contributed by atoms with Crippen molar-refractivity contribution in [2.45, 2.75) is 11.8 Å². The van der Waals surface area contributed by atoms with Crippen molar-refractivity contribution in [1.82, 2.24) is 0 Å². The molecule has 7 nitrogen and oxygen atoms in total. The molecule has 0 saturated heterocycles. The van der Waals surface area contributed by atoms with Gasteiger partial charge in [-0.05, 0) is 48.7 Å². The first-order chi connectivity index (χ1) is 14.3. The number of thiophene rings is 1. The number of nitrogens with one attached hydrogen (secondary N) is 1. The standard InChI is InChI=1S/C21H20N2O5S2/c1-3-28-21(25)15-8-7-9-16(14-15)22-20(24)19-18(12-13-29-19)23(2)30(26,27)17-10-5-4-6-11-17/h4-14H,3H2,1-2H3,(H,22,24). The van der Waals surface area contributed by atoms with Gasteiger partial charge >= 0.3 is 5.97 Å². The molecule has 1 N–H and O–H groups in total. The summed E-state index contributed by atoms with van der Waals surface area (Å²) in [5, 5.41) is 4.36. The number of hydrogen-bond acceptors (Lipinski definition) is 6. The fraction of sp³-hybridized carbons (Fsp3) is 0.143. The summed E-state index contributed by atoms with van der Waals surface area (Å²) in [5.41, 5.74) is 0.978. The number of esters is 1. The van der Waals surface area contributed by atoms with Gasteiger partial charge in [0.15, 0.2) is 0 Å². The maximum Gasteiger partial charge on any atom is 0.338 e. The second-order valence-electron chi connectivity index (χ2n) is 6.18. The zero-order chi connectivity index (χ0) is 21.7. The van der Waals surface area contributed by atoms with Crippen LogP contribution in [0.2, 0.25) is 0 Å². The number of carbonyl (C=O) groups excluding carboxylic acids is 2. The summed E-state index contributed by atoms with van der Waals surface area (Å²) in [5.74, 6) is -0.963. The molecule has 0 aliphatic heterocycles. The summed E-state index contributed by atoms with van der Waals surface area (Å²) in [7, 11) is -2.41. The molecule has 3 aromatic rings. The van der Waals surface area contributed by atoms with Crippen LogP contribution in [0.1, 0.15) is 27.0 Å². The van der Waals surface area contributed by atoms with Crippen molar-refractivity contribution < 1.29 is 22.7 Å². The van der Waals surface area contributed by atoms with Crippen LogP contribution in [0.4, 0.5) is 11.4 Å². The van der Waals surface area contributed by atoms with Gasteiger partial charge < -0.3 is 10.1 Å². The van der Waals surface area contributed by atoms with Crippen LogP contribution in [-0.4, -0.2) is 33.9 Å². The van der Waals surface area contributed by atoms with Crippen molar-refractivity contribution in [1.29, 1.82) is 0 Å². The van der Waals surface area contributed by atoms with E-state index in [0.717, 1.165) is 15.6 Å². The molecule has 1 amide bonds. The molecule has 0 aliphatic rings. The second kappa shape index (κ2) is 9.10. The van der Waals surface area contributed by atoms with Crippen molar-refractivity contribution in [2.24, 2.45) is 0 Å². The topological polar surface area (TPSA) is 92.8 Å². The third-order valence-corrected chi connectivity index (χ3v) is 6.91. The van der Waals surface area contributed by atoms with E-state index in [4.69, 9.17) is 4.74 Å². The first-order valence-corrected chi connectivity index (χ1v) is 11.4. The van der Waals surface area contributed by atoms with E-state index in [1.807, 2.05) is 0 Å². The van der Waals surface area contributed by atoms with Crippen molar-refractivity contribution in [3.05, 3.63) is 76.5 Å². The summed E-state index contributed by atoms with van der Waals surface area (Å²) in [4.78, 5) is 25.1. The van der Waals surface area contributed by atoms with E-state index in [1.165, 1.54) is 25.2 Å². The van der Waals surface area contributed by atoms with Crippen LogP contribution in [0.15, 0.2) is 70.9 Å². The van der Waals surface area contributed by atoms with Crippen molar-refractivity contribution in [3.8, 4) is 0 Å². The Kier molecular flexibility index (Phi) is 6.53. The molecule has 0 atom stereocenters. The quantitative estimate of drug-likeness (QED) is 0.556. The Bertz CT molecular complexity index is 1160. The third kappa shape index (κ3) is 4.52. The number of benzene rings is 2. The molecule has 0 unspecified atom stereocenters. The molecule has 1 heterocycles. The van der Waals surface area contributed by atoms with E-state index in [1.54, 1.807) is 54.8 Å². The predicted octanol–water partition coefficient (Wildman–Crippen LogP) is 4.00. The molecule has 2 aromatic carbocycles. The van der Waals surface area contributed by atoms with Gasteiger partial charge in [0.1, 0.15) is 4.88 Å². The van der Waals surface area contributed by atoms with Crippen molar-refractivity contribution in [3.63, 3.8) is 0 Å². The minimum absolute atomic E-state index is 0.132. The lowest BCUT2D eigenvalue weighted by atomic mass is 10.2. The molecule has 0 spiro atoms. The minimum atomic E-state index is -3.82. The largest absolute Gasteiger partial charge is 0.462 e. The fourth-order valence-corrected chi connectivity index (χ4v) is 4.83. The lowest BCUT2D eigenvalue weighted by Gasteiger charge is -2.19. The molecule has 0 fully saturated rings. The number of anilines is 2. The summed E-state index contributed by atoms with van der Waals surface area (Å²) in [6, 6.07) is 15.9. The number of sulfonamides is 1. The molecule has 0 radical (unpaired) electrons. The second-order valence-corrected chi connectivity index (χ2v) is 9.06. The SMILES string of the molecule is CCOC(=O)c1cccc(NC(=O)c2sccc2N(C)S(=O)(=O)c2ccccc2)c1. The number of hydrogen-bond donors (Lipinski definition) is 1. The first kappa shape index (κ1) is 21.5. The lowest BCUT2D eigenvalue weighted by molar-refractivity contribution is 0.0526. The highest BCUT2D eigenvalue weighted by Gasteiger charge is 2.26. The maximum atomic E-state index is 12.9. The number of nitrogens with zero attached hydrogens (tertiary/aromatic N) is 1. The summed E-state index contributed by atoms with van der Waals surface area (Å²) < 4.78 is 31.8. The number of ether oxygens (including phenoxy) is 1. The average Bonchev–Trinajstić information content (AvgIpc) is 3.24. The highest BCUT2D eigenvalue weighted by Crippen LogP contribution is 2.30. The fourth-order valence-electron chi connectivity index (χ4n) is 2.73. The van der Waals surface area contributed by atoms with Gasteiger partial charge in [-0.2, -0.15) is 0 Å². The smallest absolute Gasteiger partial charge is 0.338 e. The van der Waals surface area contributed by atoms with E-state index in [-0.39, 0.29) is 22.1 Å². The van der Waals surface area contributed by atoms with Crippen LogP contribution in [0.3, 0.4) is 0 Å². The van der Waals surface area contributed by atoms with Gasteiger partial charge in [-0.3, -0.25) is 9.10 Å². The Balaban J connectivity index is 1.84. The van der Waals surface area contributed by atoms with Gasteiger partial charge in [0.2, 0.25) is 0 Å².